The van der Waals surface area contributed by atoms with Crippen molar-refractivity contribution in [1.29, 1.82) is 0 Å². The van der Waals surface area contributed by atoms with Gasteiger partial charge < -0.3 is 10.2 Å². The van der Waals surface area contributed by atoms with Crippen LogP contribution in [0.4, 0.5) is 11.8 Å². The minimum Gasteiger partial charge on any atom is -0.357 e. The van der Waals surface area contributed by atoms with Crippen molar-refractivity contribution in [2.75, 3.05) is 35.3 Å². The molecule has 6 nitrogen and oxygen atoms in total. The summed E-state index contributed by atoms with van der Waals surface area (Å²) < 4.78 is 0. The van der Waals surface area contributed by atoms with Crippen LogP contribution in [0.1, 0.15) is 6.92 Å². The van der Waals surface area contributed by atoms with Gasteiger partial charge in [-0.15, -0.1) is 0 Å². The smallest absolute Gasteiger partial charge is 0.226 e. The molecule has 0 amide bonds. The molecule has 1 aliphatic rings. The maximum atomic E-state index is 4.60. The Labute approximate surface area is 110 Å². The molecule has 1 atom stereocenters. The zero-order valence-electron chi connectivity index (χ0n) is 10.5. The van der Waals surface area contributed by atoms with Gasteiger partial charge in [-0.3, -0.25) is 5.10 Å². The predicted molar refractivity (Wildman–Crippen MR) is 75.4 cm³/mol. The van der Waals surface area contributed by atoms with Crippen LogP contribution in [0.25, 0.3) is 11.0 Å². The number of fused-ring (bicyclic) bond motifs is 1. The van der Waals surface area contributed by atoms with E-state index in [4.69, 9.17) is 0 Å². The number of hydrogen-bond acceptors (Lipinski definition) is 6. The highest BCUT2D eigenvalue weighted by molar-refractivity contribution is 7.99. The number of aromatic amines is 1. The average molecular weight is 264 g/mol. The Morgan fingerprint density at radius 2 is 2.39 bits per heavy atom. The second-order valence-corrected chi connectivity index (χ2v) is 5.52. The number of thioether (sulfide) groups is 1. The van der Waals surface area contributed by atoms with Crippen molar-refractivity contribution in [1.82, 2.24) is 20.2 Å². The second kappa shape index (κ2) is 4.64. The van der Waals surface area contributed by atoms with Crippen LogP contribution in [0.3, 0.4) is 0 Å². The molecule has 3 heterocycles. The molecule has 3 rings (SSSR count). The minimum atomic E-state index is 0.487. The van der Waals surface area contributed by atoms with E-state index < -0.39 is 0 Å². The van der Waals surface area contributed by atoms with E-state index >= 15 is 0 Å². The molecule has 0 aliphatic carbocycles. The third-order valence-electron chi connectivity index (χ3n) is 3.15. The molecule has 0 radical (unpaired) electrons. The summed E-state index contributed by atoms with van der Waals surface area (Å²) in [5, 5.41) is 11.0. The Balaban J connectivity index is 2.10. The number of hydrogen-bond donors (Lipinski definition) is 2. The van der Waals surface area contributed by atoms with Gasteiger partial charge in [0.2, 0.25) is 5.95 Å². The normalized spacial score (nSPS) is 20.3. The first-order chi connectivity index (χ1) is 8.79. The van der Waals surface area contributed by atoms with E-state index in [9.17, 15) is 0 Å². The summed E-state index contributed by atoms with van der Waals surface area (Å²) >= 11 is 1.99. The highest BCUT2D eigenvalue weighted by Gasteiger charge is 2.23. The molecular formula is C11H16N6S. The fourth-order valence-corrected chi connectivity index (χ4v) is 3.21. The summed E-state index contributed by atoms with van der Waals surface area (Å²) in [4.78, 5) is 11.3. The minimum absolute atomic E-state index is 0.487. The molecule has 0 bridgehead atoms. The summed E-state index contributed by atoms with van der Waals surface area (Å²) in [5.74, 6) is 3.89. The van der Waals surface area contributed by atoms with Gasteiger partial charge in [0.05, 0.1) is 11.6 Å². The van der Waals surface area contributed by atoms with Crippen LogP contribution >= 0.6 is 11.8 Å². The van der Waals surface area contributed by atoms with Crippen molar-refractivity contribution in [3.05, 3.63) is 6.20 Å². The molecule has 0 spiro atoms. The number of rotatable bonds is 2. The highest BCUT2D eigenvalue weighted by atomic mass is 32.2. The van der Waals surface area contributed by atoms with Crippen molar-refractivity contribution in [2.24, 2.45) is 0 Å². The lowest BCUT2D eigenvalue weighted by Crippen LogP contribution is -2.41. The molecule has 96 valence electrons. The van der Waals surface area contributed by atoms with Crippen molar-refractivity contribution < 1.29 is 0 Å². The fourth-order valence-electron chi connectivity index (χ4n) is 2.19. The molecule has 2 N–H and O–H groups in total. The molecule has 1 aliphatic heterocycles. The van der Waals surface area contributed by atoms with Crippen LogP contribution in [0, 0.1) is 0 Å². The Morgan fingerprint density at radius 3 is 3.17 bits per heavy atom. The monoisotopic (exact) mass is 264 g/mol. The van der Waals surface area contributed by atoms with Gasteiger partial charge in [0.1, 0.15) is 5.82 Å². The molecule has 0 aromatic carbocycles. The lowest BCUT2D eigenvalue weighted by atomic mass is 10.2. The molecular weight excluding hydrogens is 248 g/mol. The number of anilines is 2. The van der Waals surface area contributed by atoms with Gasteiger partial charge in [0.25, 0.3) is 0 Å². The molecule has 1 unspecified atom stereocenters. The molecule has 0 saturated carbocycles. The van der Waals surface area contributed by atoms with Crippen LogP contribution < -0.4 is 10.2 Å². The first kappa shape index (κ1) is 11.6. The van der Waals surface area contributed by atoms with E-state index in [2.05, 4.69) is 37.3 Å². The molecule has 7 heteroatoms. The van der Waals surface area contributed by atoms with Crippen LogP contribution in [0.15, 0.2) is 6.20 Å². The summed E-state index contributed by atoms with van der Waals surface area (Å²) in [5.41, 5.74) is 0.787. The van der Waals surface area contributed by atoms with Crippen LogP contribution in [-0.2, 0) is 0 Å². The molecule has 1 saturated heterocycles. The predicted octanol–water partition coefficient (Wildman–Crippen LogP) is 1.34. The quantitative estimate of drug-likeness (QED) is 0.853. The summed E-state index contributed by atoms with van der Waals surface area (Å²) in [6.07, 6.45) is 1.80. The molecule has 2 aromatic rings. The van der Waals surface area contributed by atoms with Crippen molar-refractivity contribution in [2.45, 2.75) is 13.0 Å². The van der Waals surface area contributed by atoms with Gasteiger partial charge in [0, 0.05) is 31.1 Å². The topological polar surface area (TPSA) is 69.7 Å². The summed E-state index contributed by atoms with van der Waals surface area (Å²) in [6.45, 7) is 3.26. The van der Waals surface area contributed by atoms with Gasteiger partial charge in [-0.25, -0.2) is 0 Å². The van der Waals surface area contributed by atoms with E-state index in [1.165, 1.54) is 0 Å². The van der Waals surface area contributed by atoms with Gasteiger partial charge in [0.15, 0.2) is 5.65 Å². The Kier molecular flexibility index (Phi) is 2.99. The Hall–Kier alpha value is -1.50. The highest BCUT2D eigenvalue weighted by Crippen LogP contribution is 2.28. The first-order valence-corrected chi connectivity index (χ1v) is 7.18. The number of aromatic nitrogens is 4. The van der Waals surface area contributed by atoms with Crippen molar-refractivity contribution in [3.63, 3.8) is 0 Å². The number of H-pyrrole nitrogens is 1. The zero-order chi connectivity index (χ0) is 12.5. The maximum Gasteiger partial charge on any atom is 0.226 e. The van der Waals surface area contributed by atoms with Crippen LogP contribution in [-0.4, -0.2) is 51.3 Å². The SMILES string of the molecule is CNc1nc(N2CCSCC2C)c2cn[nH]c2n1. The average Bonchev–Trinajstić information content (AvgIpc) is 2.86. The van der Waals surface area contributed by atoms with Gasteiger partial charge >= 0.3 is 0 Å². The summed E-state index contributed by atoms with van der Waals surface area (Å²) in [6, 6.07) is 0.487. The first-order valence-electron chi connectivity index (χ1n) is 6.03. The molecule has 2 aromatic heterocycles. The van der Waals surface area contributed by atoms with Crippen molar-refractivity contribution in [3.8, 4) is 0 Å². The Morgan fingerprint density at radius 1 is 1.50 bits per heavy atom. The van der Waals surface area contributed by atoms with Crippen LogP contribution in [0.2, 0.25) is 0 Å². The van der Waals surface area contributed by atoms with E-state index in [-0.39, 0.29) is 0 Å². The van der Waals surface area contributed by atoms with Crippen LogP contribution in [0.5, 0.6) is 0 Å². The number of nitrogens with zero attached hydrogens (tertiary/aromatic N) is 4. The summed E-state index contributed by atoms with van der Waals surface area (Å²) in [7, 11) is 1.83. The fraction of sp³-hybridized carbons (Fsp3) is 0.545. The zero-order valence-corrected chi connectivity index (χ0v) is 11.3. The number of nitrogens with one attached hydrogen (secondary N) is 2. The van der Waals surface area contributed by atoms with E-state index in [0.717, 1.165) is 34.9 Å². The molecule has 1 fully saturated rings. The second-order valence-electron chi connectivity index (χ2n) is 4.37. The standard InChI is InChI=1S/C11H16N6S/c1-7-6-18-4-3-17(7)10-8-5-13-16-9(8)14-11(12-2)15-10/h5,7H,3-4,6H2,1-2H3,(H2,12,13,14,15,16). The van der Waals surface area contributed by atoms with E-state index in [0.29, 0.717) is 12.0 Å². The molecule has 18 heavy (non-hydrogen) atoms. The third-order valence-corrected chi connectivity index (χ3v) is 4.34. The maximum absolute atomic E-state index is 4.60. The van der Waals surface area contributed by atoms with E-state index in [1.807, 2.05) is 18.8 Å². The largest absolute Gasteiger partial charge is 0.357 e. The third kappa shape index (κ3) is 1.88. The lowest BCUT2D eigenvalue weighted by molar-refractivity contribution is 0.692. The van der Waals surface area contributed by atoms with Gasteiger partial charge in [-0.05, 0) is 6.92 Å². The lowest BCUT2D eigenvalue weighted by Gasteiger charge is -2.34. The van der Waals surface area contributed by atoms with Gasteiger partial charge in [-0.2, -0.15) is 26.8 Å². The van der Waals surface area contributed by atoms with E-state index in [1.54, 1.807) is 6.20 Å². The van der Waals surface area contributed by atoms with Gasteiger partial charge in [-0.1, -0.05) is 0 Å². The Bertz CT molecular complexity index is 553. The van der Waals surface area contributed by atoms with Crippen molar-refractivity contribution >= 4 is 34.6 Å².